The molecule has 0 amide bonds. The van der Waals surface area contributed by atoms with E-state index < -0.39 is 0 Å². The zero-order valence-electron chi connectivity index (χ0n) is 12.1. The fourth-order valence-electron chi connectivity index (χ4n) is 2.35. The van der Waals surface area contributed by atoms with Crippen LogP contribution in [-0.4, -0.2) is 4.98 Å². The number of nitrogens with one attached hydrogen (secondary N) is 1. The van der Waals surface area contributed by atoms with Crippen molar-refractivity contribution in [3.8, 4) is 6.07 Å². The van der Waals surface area contributed by atoms with Gasteiger partial charge >= 0.3 is 0 Å². The van der Waals surface area contributed by atoms with E-state index in [1.54, 1.807) is 6.07 Å². The van der Waals surface area contributed by atoms with Crippen LogP contribution < -0.4 is 5.32 Å². The van der Waals surface area contributed by atoms with Gasteiger partial charge in [-0.3, -0.25) is 4.98 Å². The molecule has 3 rings (SSSR count). The van der Waals surface area contributed by atoms with Crippen molar-refractivity contribution < 1.29 is 4.39 Å². The number of fused-ring (bicyclic) bond motifs is 1. The monoisotopic (exact) mass is 291 g/mol. The van der Waals surface area contributed by atoms with Crippen LogP contribution in [0.5, 0.6) is 0 Å². The Labute approximate surface area is 128 Å². The van der Waals surface area contributed by atoms with Gasteiger partial charge in [-0.2, -0.15) is 5.26 Å². The molecule has 0 saturated heterocycles. The molecule has 3 aromatic rings. The van der Waals surface area contributed by atoms with Crippen LogP contribution in [0.25, 0.3) is 10.9 Å². The highest BCUT2D eigenvalue weighted by molar-refractivity contribution is 5.95. The molecule has 0 radical (unpaired) electrons. The SMILES string of the molecule is CCc1ccc(Nc2c(C#N)cnc3ccc(F)cc23)cc1. The first-order valence-corrected chi connectivity index (χ1v) is 7.05. The molecule has 0 unspecified atom stereocenters. The van der Waals surface area contributed by atoms with Crippen molar-refractivity contribution in [2.24, 2.45) is 0 Å². The Morgan fingerprint density at radius 1 is 1.18 bits per heavy atom. The highest BCUT2D eigenvalue weighted by atomic mass is 19.1. The fraction of sp³-hybridized carbons (Fsp3) is 0.111. The molecule has 4 heteroatoms. The summed E-state index contributed by atoms with van der Waals surface area (Å²) >= 11 is 0. The normalized spacial score (nSPS) is 10.4. The number of halogens is 1. The molecule has 0 saturated carbocycles. The van der Waals surface area contributed by atoms with Crippen LogP contribution >= 0.6 is 0 Å². The van der Waals surface area contributed by atoms with E-state index in [0.717, 1.165) is 12.1 Å². The van der Waals surface area contributed by atoms with Crippen molar-refractivity contribution in [1.29, 1.82) is 5.26 Å². The van der Waals surface area contributed by atoms with E-state index >= 15 is 0 Å². The molecular weight excluding hydrogens is 277 g/mol. The van der Waals surface area contributed by atoms with Crippen LogP contribution in [0.1, 0.15) is 18.1 Å². The van der Waals surface area contributed by atoms with Crippen LogP contribution in [0.2, 0.25) is 0 Å². The van der Waals surface area contributed by atoms with Gasteiger partial charge in [-0.25, -0.2) is 4.39 Å². The van der Waals surface area contributed by atoms with Crippen LogP contribution in [0.4, 0.5) is 15.8 Å². The maximum atomic E-state index is 13.6. The summed E-state index contributed by atoms with van der Waals surface area (Å²) in [4.78, 5) is 4.19. The van der Waals surface area contributed by atoms with Gasteiger partial charge in [-0.15, -0.1) is 0 Å². The smallest absolute Gasteiger partial charge is 0.124 e. The summed E-state index contributed by atoms with van der Waals surface area (Å²) in [5.41, 5.74) is 3.70. The number of nitriles is 1. The summed E-state index contributed by atoms with van der Waals surface area (Å²) in [5.74, 6) is -0.353. The summed E-state index contributed by atoms with van der Waals surface area (Å²) in [6.07, 6.45) is 2.47. The molecule has 1 aromatic heterocycles. The highest BCUT2D eigenvalue weighted by Crippen LogP contribution is 2.29. The number of nitrogens with zero attached hydrogens (tertiary/aromatic N) is 2. The summed E-state index contributed by atoms with van der Waals surface area (Å²) in [6, 6.07) is 14.4. The molecule has 0 atom stereocenters. The predicted molar refractivity (Wildman–Crippen MR) is 85.5 cm³/mol. The molecule has 1 N–H and O–H groups in total. The molecular formula is C18H14FN3. The number of hydrogen-bond donors (Lipinski definition) is 1. The zero-order valence-corrected chi connectivity index (χ0v) is 12.1. The standard InChI is InChI=1S/C18H14FN3/c1-2-12-3-6-15(7-4-12)22-18-13(10-20)11-21-17-8-5-14(19)9-16(17)18/h3-9,11H,2H2,1H3,(H,21,22). The van der Waals surface area contributed by atoms with Crippen molar-refractivity contribution >= 4 is 22.3 Å². The number of hydrogen-bond acceptors (Lipinski definition) is 3. The summed E-state index contributed by atoms with van der Waals surface area (Å²) in [6.45, 7) is 2.09. The molecule has 0 bridgehead atoms. The summed E-state index contributed by atoms with van der Waals surface area (Å²) < 4.78 is 13.6. The molecule has 0 aliphatic carbocycles. The lowest BCUT2D eigenvalue weighted by atomic mass is 10.1. The lowest BCUT2D eigenvalue weighted by molar-refractivity contribution is 0.629. The van der Waals surface area contributed by atoms with E-state index in [2.05, 4.69) is 23.3 Å². The van der Waals surface area contributed by atoms with Gasteiger partial charge in [-0.1, -0.05) is 19.1 Å². The van der Waals surface area contributed by atoms with Gasteiger partial charge in [0.1, 0.15) is 11.9 Å². The fourth-order valence-corrected chi connectivity index (χ4v) is 2.35. The third kappa shape index (κ3) is 2.61. The van der Waals surface area contributed by atoms with Gasteiger partial charge in [0.05, 0.1) is 16.8 Å². The molecule has 1 heterocycles. The third-order valence-electron chi connectivity index (χ3n) is 3.58. The Morgan fingerprint density at radius 2 is 1.95 bits per heavy atom. The van der Waals surface area contributed by atoms with E-state index in [4.69, 9.17) is 0 Å². The number of aromatic nitrogens is 1. The van der Waals surface area contributed by atoms with Crippen molar-refractivity contribution in [1.82, 2.24) is 4.98 Å². The molecule has 0 aliphatic rings. The first kappa shape index (κ1) is 14.0. The van der Waals surface area contributed by atoms with Crippen LogP contribution in [0, 0.1) is 17.1 Å². The number of anilines is 2. The minimum absolute atomic E-state index is 0.353. The zero-order chi connectivity index (χ0) is 15.5. The second kappa shape index (κ2) is 5.82. The molecule has 2 aromatic carbocycles. The minimum atomic E-state index is -0.353. The highest BCUT2D eigenvalue weighted by Gasteiger charge is 2.10. The summed E-state index contributed by atoms with van der Waals surface area (Å²) in [7, 11) is 0. The number of aryl methyl sites for hydroxylation is 1. The number of benzene rings is 2. The van der Waals surface area contributed by atoms with Crippen LogP contribution in [-0.2, 0) is 6.42 Å². The van der Waals surface area contributed by atoms with Gasteiger partial charge in [0.25, 0.3) is 0 Å². The molecule has 22 heavy (non-hydrogen) atoms. The number of pyridine rings is 1. The van der Waals surface area contributed by atoms with Crippen molar-refractivity contribution in [2.45, 2.75) is 13.3 Å². The topological polar surface area (TPSA) is 48.7 Å². The van der Waals surface area contributed by atoms with Crippen LogP contribution in [0.15, 0.2) is 48.7 Å². The van der Waals surface area contributed by atoms with Gasteiger partial charge in [0.2, 0.25) is 0 Å². The Morgan fingerprint density at radius 3 is 2.64 bits per heavy atom. The maximum absolute atomic E-state index is 13.6. The Kier molecular flexibility index (Phi) is 3.71. The quantitative estimate of drug-likeness (QED) is 0.770. The van der Waals surface area contributed by atoms with Crippen molar-refractivity contribution in [3.63, 3.8) is 0 Å². The van der Waals surface area contributed by atoms with E-state index in [1.807, 2.05) is 24.3 Å². The molecule has 3 nitrogen and oxygen atoms in total. The second-order valence-electron chi connectivity index (χ2n) is 5.00. The first-order chi connectivity index (χ1) is 10.7. The van der Waals surface area contributed by atoms with Crippen molar-refractivity contribution in [2.75, 3.05) is 5.32 Å². The number of rotatable bonds is 3. The van der Waals surface area contributed by atoms with E-state index in [1.165, 1.54) is 23.9 Å². The Balaban J connectivity index is 2.11. The van der Waals surface area contributed by atoms with Gasteiger partial charge < -0.3 is 5.32 Å². The molecule has 0 aliphatic heterocycles. The van der Waals surface area contributed by atoms with Gasteiger partial charge in [-0.05, 0) is 42.3 Å². The average molecular weight is 291 g/mol. The lowest BCUT2D eigenvalue weighted by Gasteiger charge is -2.12. The third-order valence-corrected chi connectivity index (χ3v) is 3.58. The van der Waals surface area contributed by atoms with Crippen LogP contribution in [0.3, 0.4) is 0 Å². The van der Waals surface area contributed by atoms with Gasteiger partial charge in [0, 0.05) is 17.3 Å². The van der Waals surface area contributed by atoms with E-state index in [-0.39, 0.29) is 5.82 Å². The largest absolute Gasteiger partial charge is 0.354 e. The van der Waals surface area contributed by atoms with Crippen molar-refractivity contribution in [3.05, 3.63) is 65.6 Å². The lowest BCUT2D eigenvalue weighted by Crippen LogP contribution is -1.97. The first-order valence-electron chi connectivity index (χ1n) is 7.05. The van der Waals surface area contributed by atoms with Gasteiger partial charge in [0.15, 0.2) is 0 Å². The Hall–Kier alpha value is -2.93. The molecule has 108 valence electrons. The average Bonchev–Trinajstić information content (AvgIpc) is 2.56. The summed E-state index contributed by atoms with van der Waals surface area (Å²) in [5, 5.41) is 13.1. The predicted octanol–water partition coefficient (Wildman–Crippen LogP) is 4.55. The second-order valence-corrected chi connectivity index (χ2v) is 5.00. The van der Waals surface area contributed by atoms with E-state index in [0.29, 0.717) is 22.2 Å². The minimum Gasteiger partial charge on any atom is -0.354 e. The molecule has 0 fully saturated rings. The van der Waals surface area contributed by atoms with E-state index in [9.17, 15) is 9.65 Å². The Bertz CT molecular complexity index is 864. The maximum Gasteiger partial charge on any atom is 0.124 e. The molecule has 0 spiro atoms.